The highest BCUT2D eigenvalue weighted by Gasteiger charge is 2.28. The molecule has 21 heavy (non-hydrogen) atoms. The number of anilines is 1. The van der Waals surface area contributed by atoms with Crippen LogP contribution in [0.25, 0.3) is 0 Å². The summed E-state index contributed by atoms with van der Waals surface area (Å²) in [6, 6.07) is 4.99. The van der Waals surface area contributed by atoms with Crippen molar-refractivity contribution in [2.75, 3.05) is 23.4 Å². The number of halogens is 2. The summed E-state index contributed by atoms with van der Waals surface area (Å²) in [7, 11) is -7.52. The number of benzene rings is 1. The van der Waals surface area contributed by atoms with Crippen LogP contribution in [0.15, 0.2) is 29.2 Å². The summed E-state index contributed by atoms with van der Waals surface area (Å²) in [6.45, 7) is 0.445. The Bertz CT molecular complexity index is 699. The second-order valence-corrected chi connectivity index (χ2v) is 9.13. The molecule has 0 radical (unpaired) electrons. The number of rotatable bonds is 5. The Kier molecular flexibility index (Phi) is 4.52. The van der Waals surface area contributed by atoms with E-state index in [0.29, 0.717) is 18.7 Å². The Hall–Kier alpha value is -1.22. The maximum Gasteiger partial charge on any atom is 0.341 e. The molecule has 9 heteroatoms. The maximum absolute atomic E-state index is 12.4. The number of nitrogens with one attached hydrogen (secondary N) is 1. The first-order valence-electron chi connectivity index (χ1n) is 6.27. The highest BCUT2D eigenvalue weighted by Crippen LogP contribution is 2.22. The van der Waals surface area contributed by atoms with Crippen molar-refractivity contribution in [2.45, 2.75) is 17.1 Å². The summed E-state index contributed by atoms with van der Waals surface area (Å²) < 4.78 is 69.8. The molecule has 1 fully saturated rings. The second-order valence-electron chi connectivity index (χ2n) is 4.98. The van der Waals surface area contributed by atoms with Gasteiger partial charge in [0.1, 0.15) is 0 Å². The summed E-state index contributed by atoms with van der Waals surface area (Å²) in [4.78, 5) is -0.438. The molecule has 2 rings (SSSR count). The van der Waals surface area contributed by atoms with E-state index >= 15 is 0 Å². The molecule has 1 aromatic carbocycles. The molecule has 1 N–H and O–H groups in total. The van der Waals surface area contributed by atoms with Crippen LogP contribution in [0.2, 0.25) is 0 Å². The van der Waals surface area contributed by atoms with Gasteiger partial charge in [0.15, 0.2) is 9.84 Å². The van der Waals surface area contributed by atoms with Crippen LogP contribution in [0.1, 0.15) is 6.42 Å². The number of alkyl halides is 2. The van der Waals surface area contributed by atoms with Gasteiger partial charge in [-0.15, -0.1) is 0 Å². The van der Waals surface area contributed by atoms with E-state index in [-0.39, 0.29) is 17.4 Å². The first kappa shape index (κ1) is 16.2. The molecule has 1 heterocycles. The Balaban J connectivity index is 1.98. The third-order valence-electron chi connectivity index (χ3n) is 3.34. The molecule has 0 unspecified atom stereocenters. The lowest BCUT2D eigenvalue weighted by Crippen LogP contribution is -2.16. The van der Waals surface area contributed by atoms with E-state index in [1.165, 1.54) is 12.1 Å². The largest absolute Gasteiger partial charge is 0.385 e. The van der Waals surface area contributed by atoms with E-state index < -0.39 is 30.3 Å². The van der Waals surface area contributed by atoms with Crippen molar-refractivity contribution in [1.29, 1.82) is 0 Å². The molecule has 0 bridgehead atoms. The second kappa shape index (κ2) is 5.88. The van der Waals surface area contributed by atoms with Crippen LogP contribution < -0.4 is 5.32 Å². The molecular weight excluding hydrogens is 324 g/mol. The molecule has 0 spiro atoms. The van der Waals surface area contributed by atoms with Crippen LogP contribution in [-0.2, 0) is 19.7 Å². The Morgan fingerprint density at radius 3 is 2.33 bits per heavy atom. The Morgan fingerprint density at radius 2 is 1.86 bits per heavy atom. The van der Waals surface area contributed by atoms with Crippen molar-refractivity contribution < 1.29 is 25.6 Å². The summed E-state index contributed by atoms with van der Waals surface area (Å²) in [6.07, 6.45) is 0.590. The van der Waals surface area contributed by atoms with E-state index in [2.05, 4.69) is 5.32 Å². The summed E-state index contributed by atoms with van der Waals surface area (Å²) in [5.41, 5.74) is 0.563. The quantitative estimate of drug-likeness (QED) is 0.880. The van der Waals surface area contributed by atoms with Gasteiger partial charge in [0, 0.05) is 12.2 Å². The normalized spacial score (nSPS) is 21.6. The average Bonchev–Trinajstić information content (AvgIpc) is 2.76. The zero-order valence-corrected chi connectivity index (χ0v) is 12.6. The number of sulfone groups is 2. The van der Waals surface area contributed by atoms with Crippen LogP contribution in [0.3, 0.4) is 0 Å². The van der Waals surface area contributed by atoms with Crippen LogP contribution in [-0.4, -0.2) is 40.6 Å². The fraction of sp³-hybridized carbons (Fsp3) is 0.500. The molecule has 5 nitrogen and oxygen atoms in total. The van der Waals surface area contributed by atoms with E-state index in [0.717, 1.165) is 12.1 Å². The van der Waals surface area contributed by atoms with Gasteiger partial charge in [0.25, 0.3) is 0 Å². The van der Waals surface area contributed by atoms with Gasteiger partial charge in [-0.05, 0) is 36.6 Å². The summed E-state index contributed by atoms with van der Waals surface area (Å²) >= 11 is 0. The topological polar surface area (TPSA) is 80.3 Å². The molecule has 1 aliphatic rings. The van der Waals surface area contributed by atoms with Gasteiger partial charge in [-0.1, -0.05) is 0 Å². The smallest absolute Gasteiger partial charge is 0.341 e. The van der Waals surface area contributed by atoms with Crippen molar-refractivity contribution >= 4 is 25.4 Å². The van der Waals surface area contributed by atoms with Crippen molar-refractivity contribution in [1.82, 2.24) is 0 Å². The molecule has 0 amide bonds. The predicted octanol–water partition coefficient (Wildman–Crippen LogP) is 1.53. The van der Waals surface area contributed by atoms with E-state index in [9.17, 15) is 25.6 Å². The van der Waals surface area contributed by atoms with Gasteiger partial charge in [0.05, 0.1) is 16.4 Å². The van der Waals surface area contributed by atoms with Gasteiger partial charge >= 0.3 is 5.76 Å². The summed E-state index contributed by atoms with van der Waals surface area (Å²) in [5.74, 6) is -3.11. The molecule has 1 saturated heterocycles. The van der Waals surface area contributed by atoms with Gasteiger partial charge in [0.2, 0.25) is 9.84 Å². The molecule has 0 saturated carbocycles. The lowest BCUT2D eigenvalue weighted by molar-refractivity contribution is 0.234. The highest BCUT2D eigenvalue weighted by atomic mass is 32.2. The van der Waals surface area contributed by atoms with Crippen molar-refractivity contribution in [3.05, 3.63) is 24.3 Å². The van der Waals surface area contributed by atoms with Crippen LogP contribution in [0.4, 0.5) is 14.5 Å². The van der Waals surface area contributed by atoms with Crippen LogP contribution in [0.5, 0.6) is 0 Å². The molecule has 1 atom stereocenters. The van der Waals surface area contributed by atoms with E-state index in [1.54, 1.807) is 0 Å². The molecule has 1 aromatic rings. The van der Waals surface area contributed by atoms with Crippen molar-refractivity contribution in [2.24, 2.45) is 5.92 Å². The number of hydrogen-bond donors (Lipinski definition) is 1. The average molecular weight is 339 g/mol. The lowest BCUT2D eigenvalue weighted by Gasteiger charge is -2.11. The Labute approximate surface area is 122 Å². The molecular formula is C12H15F2NO4S2. The zero-order valence-electron chi connectivity index (χ0n) is 11.0. The molecule has 118 valence electrons. The van der Waals surface area contributed by atoms with Gasteiger partial charge < -0.3 is 5.32 Å². The minimum Gasteiger partial charge on any atom is -0.385 e. The highest BCUT2D eigenvalue weighted by molar-refractivity contribution is 7.92. The van der Waals surface area contributed by atoms with Gasteiger partial charge in [-0.3, -0.25) is 0 Å². The first-order chi connectivity index (χ1) is 9.71. The number of hydrogen-bond acceptors (Lipinski definition) is 5. The molecule has 1 aliphatic heterocycles. The monoisotopic (exact) mass is 339 g/mol. The van der Waals surface area contributed by atoms with Crippen LogP contribution in [0, 0.1) is 5.92 Å². The van der Waals surface area contributed by atoms with Gasteiger partial charge in [-0.25, -0.2) is 16.8 Å². The Morgan fingerprint density at radius 1 is 1.24 bits per heavy atom. The third-order valence-corrected chi connectivity index (χ3v) is 6.57. The van der Waals surface area contributed by atoms with Crippen molar-refractivity contribution in [3.63, 3.8) is 0 Å². The van der Waals surface area contributed by atoms with E-state index in [4.69, 9.17) is 0 Å². The standard InChI is InChI=1S/C12H15F2NO4S2/c13-12(14)21(18,19)11-3-1-10(2-4-11)15-7-9-5-6-20(16,17)8-9/h1-4,9,12,15H,5-8H2/t9-/m1/s1. The molecule has 0 aromatic heterocycles. The third kappa shape index (κ3) is 3.91. The fourth-order valence-electron chi connectivity index (χ4n) is 2.16. The lowest BCUT2D eigenvalue weighted by atomic mass is 10.1. The maximum atomic E-state index is 12.4. The predicted molar refractivity (Wildman–Crippen MR) is 74.9 cm³/mol. The first-order valence-corrected chi connectivity index (χ1v) is 9.64. The van der Waals surface area contributed by atoms with Gasteiger partial charge in [-0.2, -0.15) is 8.78 Å². The minimum atomic E-state index is -4.58. The van der Waals surface area contributed by atoms with Crippen LogP contribution >= 0.6 is 0 Å². The van der Waals surface area contributed by atoms with E-state index in [1.807, 2.05) is 0 Å². The SMILES string of the molecule is O=S1(=O)CC[C@H](CNc2ccc(S(=O)(=O)C(F)F)cc2)C1. The summed E-state index contributed by atoms with van der Waals surface area (Å²) in [5, 5.41) is 2.99. The van der Waals surface area contributed by atoms with Crippen molar-refractivity contribution in [3.8, 4) is 0 Å². The zero-order chi connectivity index (χ0) is 15.7. The minimum absolute atomic E-state index is 0.0134. The molecule has 0 aliphatic carbocycles. The fourth-order valence-corrected chi connectivity index (χ4v) is 4.74.